The van der Waals surface area contributed by atoms with Crippen molar-refractivity contribution in [2.45, 2.75) is 18.9 Å². The number of aromatic nitrogens is 2. The number of rotatable bonds is 6. The smallest absolute Gasteiger partial charge is 0.359 e. The van der Waals surface area contributed by atoms with E-state index < -0.39 is 18.5 Å². The lowest BCUT2D eigenvalue weighted by Crippen LogP contribution is -2.40. The predicted octanol–water partition coefficient (Wildman–Crippen LogP) is -0.630. The molecule has 0 aliphatic heterocycles. The summed E-state index contributed by atoms with van der Waals surface area (Å²) >= 11 is 0. The summed E-state index contributed by atoms with van der Waals surface area (Å²) in [6.45, 7) is -0.499. The van der Waals surface area contributed by atoms with E-state index in [2.05, 4.69) is 15.3 Å². The van der Waals surface area contributed by atoms with Crippen LogP contribution < -0.4 is 5.32 Å². The highest BCUT2D eigenvalue weighted by Gasteiger charge is 2.24. The molecule has 1 fully saturated rings. The summed E-state index contributed by atoms with van der Waals surface area (Å²) in [5.41, 5.74) is 0.0272. The van der Waals surface area contributed by atoms with Gasteiger partial charge < -0.3 is 15.0 Å². The van der Waals surface area contributed by atoms with Gasteiger partial charge in [0.25, 0.3) is 5.91 Å². The number of hydrogen-bond donors (Lipinski definition) is 1. The third-order valence-electron chi connectivity index (χ3n) is 2.85. The van der Waals surface area contributed by atoms with Crippen LogP contribution in [-0.4, -0.2) is 58.9 Å². The molecule has 0 atom stereocenters. The maximum Gasteiger partial charge on any atom is 0.359 e. The maximum absolute atomic E-state index is 11.7. The van der Waals surface area contributed by atoms with Crippen LogP contribution in [0.25, 0.3) is 0 Å². The van der Waals surface area contributed by atoms with Crippen molar-refractivity contribution in [1.82, 2.24) is 20.2 Å². The summed E-state index contributed by atoms with van der Waals surface area (Å²) < 4.78 is 4.82. The second-order valence-electron chi connectivity index (χ2n) is 4.76. The quantitative estimate of drug-likeness (QED) is 0.701. The van der Waals surface area contributed by atoms with E-state index >= 15 is 0 Å². The lowest BCUT2D eigenvalue weighted by molar-refractivity contribution is -0.137. The number of hydrogen-bond acceptors (Lipinski definition) is 6. The van der Waals surface area contributed by atoms with Crippen LogP contribution in [0.2, 0.25) is 0 Å². The van der Waals surface area contributed by atoms with Crippen LogP contribution in [0.15, 0.2) is 18.6 Å². The first-order chi connectivity index (χ1) is 10.1. The van der Waals surface area contributed by atoms with Crippen LogP contribution in [0.4, 0.5) is 0 Å². The molecular formula is C13H16N4O4. The van der Waals surface area contributed by atoms with Gasteiger partial charge in [0.2, 0.25) is 5.91 Å². The van der Waals surface area contributed by atoms with Crippen molar-refractivity contribution >= 4 is 17.8 Å². The molecular weight excluding hydrogens is 276 g/mol. The fourth-order valence-corrected chi connectivity index (χ4v) is 1.52. The third kappa shape index (κ3) is 4.83. The van der Waals surface area contributed by atoms with Crippen LogP contribution in [-0.2, 0) is 14.3 Å². The minimum Gasteiger partial charge on any atom is -0.451 e. The van der Waals surface area contributed by atoms with Gasteiger partial charge in [-0.05, 0) is 12.8 Å². The van der Waals surface area contributed by atoms with E-state index in [-0.39, 0.29) is 24.2 Å². The number of carbonyl (C=O) groups excluding carboxylic acids is 3. The number of esters is 1. The molecule has 0 unspecified atom stereocenters. The van der Waals surface area contributed by atoms with Gasteiger partial charge in [0.05, 0.1) is 12.7 Å². The minimum atomic E-state index is -0.729. The van der Waals surface area contributed by atoms with Crippen molar-refractivity contribution < 1.29 is 19.1 Å². The molecule has 0 radical (unpaired) electrons. The molecule has 1 heterocycles. The molecule has 2 rings (SSSR count). The normalized spacial score (nSPS) is 13.4. The van der Waals surface area contributed by atoms with E-state index in [4.69, 9.17) is 4.74 Å². The molecule has 1 N–H and O–H groups in total. The van der Waals surface area contributed by atoms with Crippen molar-refractivity contribution in [3.63, 3.8) is 0 Å². The molecule has 0 spiro atoms. The summed E-state index contributed by atoms with van der Waals surface area (Å²) in [6, 6.07) is 0.246. The number of nitrogens with one attached hydrogen (secondary N) is 1. The topological polar surface area (TPSA) is 101 Å². The first kappa shape index (κ1) is 14.9. The predicted molar refractivity (Wildman–Crippen MR) is 71.1 cm³/mol. The van der Waals surface area contributed by atoms with Gasteiger partial charge in [-0.15, -0.1) is 0 Å². The van der Waals surface area contributed by atoms with Gasteiger partial charge in [-0.1, -0.05) is 0 Å². The monoisotopic (exact) mass is 292 g/mol. The van der Waals surface area contributed by atoms with Crippen LogP contribution in [0.1, 0.15) is 23.3 Å². The summed E-state index contributed by atoms with van der Waals surface area (Å²) in [7, 11) is 1.48. The lowest BCUT2D eigenvalue weighted by atomic mass is 10.4. The Kier molecular flexibility index (Phi) is 4.81. The zero-order valence-corrected chi connectivity index (χ0v) is 11.6. The van der Waals surface area contributed by atoms with Crippen molar-refractivity contribution in [3.05, 3.63) is 24.3 Å². The average molecular weight is 292 g/mol. The number of amides is 2. The molecule has 8 heteroatoms. The molecule has 1 aliphatic carbocycles. The number of ether oxygens (including phenoxy) is 1. The largest absolute Gasteiger partial charge is 0.451 e. The zero-order valence-electron chi connectivity index (χ0n) is 11.6. The van der Waals surface area contributed by atoms with Gasteiger partial charge in [-0.3, -0.25) is 14.6 Å². The first-order valence-electron chi connectivity index (χ1n) is 6.52. The summed E-state index contributed by atoms with van der Waals surface area (Å²) in [6.07, 6.45) is 6.00. The fourth-order valence-electron chi connectivity index (χ4n) is 1.52. The van der Waals surface area contributed by atoms with E-state index in [0.717, 1.165) is 12.8 Å². The lowest BCUT2D eigenvalue weighted by Gasteiger charge is -2.16. The molecule has 8 nitrogen and oxygen atoms in total. The Morgan fingerprint density at radius 1 is 1.38 bits per heavy atom. The highest BCUT2D eigenvalue weighted by Crippen LogP contribution is 2.18. The summed E-state index contributed by atoms with van der Waals surface area (Å²) in [5.74, 6) is -1.40. The second kappa shape index (κ2) is 6.78. The van der Waals surface area contributed by atoms with Crippen molar-refractivity contribution in [2.75, 3.05) is 20.2 Å². The van der Waals surface area contributed by atoms with E-state index in [1.54, 1.807) is 0 Å². The van der Waals surface area contributed by atoms with Gasteiger partial charge in [0.1, 0.15) is 0 Å². The second-order valence-corrected chi connectivity index (χ2v) is 4.76. The fraction of sp³-hybridized carbons (Fsp3) is 0.462. The molecule has 1 aromatic rings. The SMILES string of the molecule is CN(CC(=O)NC1CC1)C(=O)COC(=O)c1cnccn1. The summed E-state index contributed by atoms with van der Waals surface area (Å²) in [5, 5.41) is 2.77. The van der Waals surface area contributed by atoms with Crippen LogP contribution in [0.3, 0.4) is 0 Å². The Balaban J connectivity index is 1.72. The standard InChI is InChI=1S/C13H16N4O4/c1-17(7-11(18)16-9-2-3-9)12(19)8-21-13(20)10-6-14-4-5-15-10/h4-6,9H,2-3,7-8H2,1H3,(H,16,18). The average Bonchev–Trinajstić information content (AvgIpc) is 3.28. The first-order valence-corrected chi connectivity index (χ1v) is 6.52. The van der Waals surface area contributed by atoms with Gasteiger partial charge in [-0.2, -0.15) is 0 Å². The third-order valence-corrected chi connectivity index (χ3v) is 2.85. The molecule has 0 saturated heterocycles. The zero-order chi connectivity index (χ0) is 15.2. The minimum absolute atomic E-state index is 0.0272. The van der Waals surface area contributed by atoms with Crippen molar-refractivity contribution in [3.8, 4) is 0 Å². The van der Waals surface area contributed by atoms with E-state index in [9.17, 15) is 14.4 Å². The molecule has 0 bridgehead atoms. The molecule has 0 aromatic carbocycles. The number of likely N-dealkylation sites (N-methyl/N-ethyl adjacent to an activating group) is 1. The Morgan fingerprint density at radius 3 is 2.76 bits per heavy atom. The van der Waals surface area contributed by atoms with Crippen LogP contribution >= 0.6 is 0 Å². The van der Waals surface area contributed by atoms with E-state index in [1.807, 2.05) is 0 Å². The number of nitrogens with zero attached hydrogens (tertiary/aromatic N) is 3. The van der Waals surface area contributed by atoms with Crippen molar-refractivity contribution in [1.29, 1.82) is 0 Å². The summed E-state index contributed by atoms with van der Waals surface area (Å²) in [4.78, 5) is 43.6. The Morgan fingerprint density at radius 2 is 2.14 bits per heavy atom. The molecule has 21 heavy (non-hydrogen) atoms. The van der Waals surface area contributed by atoms with Gasteiger partial charge in [-0.25, -0.2) is 9.78 Å². The van der Waals surface area contributed by atoms with E-state index in [0.29, 0.717) is 0 Å². The molecule has 1 aliphatic rings. The van der Waals surface area contributed by atoms with Crippen LogP contribution in [0, 0.1) is 0 Å². The number of carbonyl (C=O) groups is 3. The van der Waals surface area contributed by atoms with Gasteiger partial charge in [0, 0.05) is 25.5 Å². The highest BCUT2D eigenvalue weighted by molar-refractivity contribution is 5.90. The Hall–Kier alpha value is -2.51. The molecule has 1 saturated carbocycles. The van der Waals surface area contributed by atoms with Crippen molar-refractivity contribution in [2.24, 2.45) is 0 Å². The Labute approximate surface area is 121 Å². The van der Waals surface area contributed by atoms with Crippen LogP contribution in [0.5, 0.6) is 0 Å². The maximum atomic E-state index is 11.7. The Bertz CT molecular complexity index is 530. The highest BCUT2D eigenvalue weighted by atomic mass is 16.5. The van der Waals surface area contributed by atoms with Gasteiger partial charge in [0.15, 0.2) is 12.3 Å². The molecule has 2 amide bonds. The molecule has 112 valence electrons. The van der Waals surface area contributed by atoms with E-state index in [1.165, 1.54) is 30.5 Å². The molecule has 1 aromatic heterocycles. The van der Waals surface area contributed by atoms with Gasteiger partial charge >= 0.3 is 5.97 Å².